The summed E-state index contributed by atoms with van der Waals surface area (Å²) in [6.45, 7) is 0. The van der Waals surface area contributed by atoms with Crippen LogP contribution < -0.4 is 0 Å². The van der Waals surface area contributed by atoms with Crippen molar-refractivity contribution in [3.63, 3.8) is 0 Å². The fraction of sp³-hybridized carbons (Fsp3) is 0.200. The standard InChI is InChI=1S/C10H10O6/c1-16-10(15)6-4-5(2-3-7(6)11)8(12)9(13)14/h2-4,9,11,13-14H,1H3. The average molecular weight is 226 g/mol. The van der Waals surface area contributed by atoms with Crippen LogP contribution in [0.4, 0.5) is 0 Å². The first kappa shape index (κ1) is 12.2. The molecular weight excluding hydrogens is 216 g/mol. The summed E-state index contributed by atoms with van der Waals surface area (Å²) in [5.41, 5.74) is -0.317. The molecular formula is C10H10O6. The summed E-state index contributed by atoms with van der Waals surface area (Å²) in [7, 11) is 1.12. The van der Waals surface area contributed by atoms with E-state index in [0.29, 0.717) is 0 Å². The minimum Gasteiger partial charge on any atom is -0.507 e. The third-order valence-electron chi connectivity index (χ3n) is 1.92. The van der Waals surface area contributed by atoms with Gasteiger partial charge < -0.3 is 20.1 Å². The molecule has 0 unspecified atom stereocenters. The van der Waals surface area contributed by atoms with Gasteiger partial charge in [0.2, 0.25) is 12.1 Å². The van der Waals surface area contributed by atoms with Crippen LogP contribution in [0.25, 0.3) is 0 Å². The molecule has 0 aliphatic heterocycles. The minimum atomic E-state index is -2.16. The zero-order chi connectivity index (χ0) is 12.3. The largest absolute Gasteiger partial charge is 0.507 e. The van der Waals surface area contributed by atoms with Crippen LogP contribution in [0.1, 0.15) is 20.7 Å². The Kier molecular flexibility index (Phi) is 3.60. The molecule has 0 atom stereocenters. The number of phenols is 1. The number of ether oxygens (including phenoxy) is 1. The van der Waals surface area contributed by atoms with Gasteiger partial charge in [-0.15, -0.1) is 0 Å². The molecule has 3 N–H and O–H groups in total. The van der Waals surface area contributed by atoms with Crippen molar-refractivity contribution in [3.8, 4) is 5.75 Å². The zero-order valence-corrected chi connectivity index (χ0v) is 8.38. The number of hydrogen-bond acceptors (Lipinski definition) is 6. The lowest BCUT2D eigenvalue weighted by atomic mass is 10.1. The lowest BCUT2D eigenvalue weighted by Gasteiger charge is -2.06. The van der Waals surface area contributed by atoms with E-state index in [2.05, 4.69) is 4.74 Å². The molecule has 86 valence electrons. The van der Waals surface area contributed by atoms with Gasteiger partial charge in [0.05, 0.1) is 7.11 Å². The maximum absolute atomic E-state index is 11.2. The number of aromatic hydroxyl groups is 1. The fourth-order valence-corrected chi connectivity index (χ4v) is 1.11. The molecule has 1 rings (SSSR count). The second kappa shape index (κ2) is 4.73. The van der Waals surface area contributed by atoms with Crippen molar-refractivity contribution in [3.05, 3.63) is 29.3 Å². The van der Waals surface area contributed by atoms with Gasteiger partial charge in [0, 0.05) is 5.56 Å². The number of aliphatic hydroxyl groups is 2. The number of benzene rings is 1. The van der Waals surface area contributed by atoms with Gasteiger partial charge in [-0.25, -0.2) is 4.79 Å². The van der Waals surface area contributed by atoms with E-state index in [1.165, 1.54) is 6.07 Å². The maximum Gasteiger partial charge on any atom is 0.341 e. The Morgan fingerprint density at radius 1 is 1.31 bits per heavy atom. The van der Waals surface area contributed by atoms with Crippen LogP contribution in [0.15, 0.2) is 18.2 Å². The van der Waals surface area contributed by atoms with E-state index >= 15 is 0 Å². The normalized spacial score (nSPS) is 10.2. The highest BCUT2D eigenvalue weighted by atomic mass is 16.5. The minimum absolute atomic E-state index is 0.104. The van der Waals surface area contributed by atoms with E-state index in [1.807, 2.05) is 0 Å². The van der Waals surface area contributed by atoms with Crippen LogP contribution in [-0.2, 0) is 4.74 Å². The Balaban J connectivity index is 3.17. The number of esters is 1. The molecule has 0 saturated heterocycles. The highest BCUT2D eigenvalue weighted by Crippen LogP contribution is 2.20. The van der Waals surface area contributed by atoms with Crippen molar-refractivity contribution in [1.82, 2.24) is 0 Å². The molecule has 6 heteroatoms. The van der Waals surface area contributed by atoms with Gasteiger partial charge in [0.15, 0.2) is 0 Å². The summed E-state index contributed by atoms with van der Waals surface area (Å²) in [5.74, 6) is -2.14. The first-order valence-corrected chi connectivity index (χ1v) is 4.29. The molecule has 0 radical (unpaired) electrons. The molecule has 1 aromatic rings. The van der Waals surface area contributed by atoms with E-state index in [4.69, 9.17) is 10.2 Å². The van der Waals surface area contributed by atoms with Gasteiger partial charge in [0.1, 0.15) is 11.3 Å². The van der Waals surface area contributed by atoms with E-state index in [1.54, 1.807) is 0 Å². The maximum atomic E-state index is 11.2. The number of aliphatic hydroxyl groups excluding tert-OH is 1. The van der Waals surface area contributed by atoms with E-state index in [0.717, 1.165) is 19.2 Å². The van der Waals surface area contributed by atoms with E-state index < -0.39 is 18.0 Å². The highest BCUT2D eigenvalue weighted by Gasteiger charge is 2.18. The molecule has 6 nitrogen and oxygen atoms in total. The van der Waals surface area contributed by atoms with Gasteiger partial charge in [-0.05, 0) is 18.2 Å². The number of methoxy groups -OCH3 is 1. The highest BCUT2D eigenvalue weighted by molar-refractivity contribution is 6.01. The molecule has 0 heterocycles. The average Bonchev–Trinajstić information content (AvgIpc) is 2.27. The topological polar surface area (TPSA) is 104 Å². The molecule has 0 amide bonds. The van der Waals surface area contributed by atoms with Crippen LogP contribution in [0.2, 0.25) is 0 Å². The number of rotatable bonds is 3. The van der Waals surface area contributed by atoms with Gasteiger partial charge in [-0.2, -0.15) is 0 Å². The number of ketones is 1. The summed E-state index contributed by atoms with van der Waals surface area (Å²) < 4.78 is 4.38. The molecule has 0 fully saturated rings. The van der Waals surface area contributed by atoms with Gasteiger partial charge in [-0.1, -0.05) is 0 Å². The quantitative estimate of drug-likeness (QED) is 0.370. The molecule has 0 aliphatic carbocycles. The SMILES string of the molecule is COC(=O)c1cc(C(=O)C(O)O)ccc1O. The second-order valence-corrected chi connectivity index (χ2v) is 2.96. The van der Waals surface area contributed by atoms with Crippen molar-refractivity contribution < 1.29 is 29.6 Å². The smallest absolute Gasteiger partial charge is 0.341 e. The van der Waals surface area contributed by atoms with Crippen LogP contribution in [-0.4, -0.2) is 40.5 Å². The lowest BCUT2D eigenvalue weighted by molar-refractivity contribution is -0.0195. The number of hydrogen-bond donors (Lipinski definition) is 3. The van der Waals surface area contributed by atoms with Crippen LogP contribution in [0.5, 0.6) is 5.75 Å². The van der Waals surface area contributed by atoms with E-state index in [9.17, 15) is 14.7 Å². The molecule has 0 spiro atoms. The van der Waals surface area contributed by atoms with Crippen molar-refractivity contribution in [1.29, 1.82) is 0 Å². The number of Topliss-reactive ketones (excluding diaryl/α,β-unsaturated/α-hetero) is 1. The van der Waals surface area contributed by atoms with E-state index in [-0.39, 0.29) is 16.9 Å². The third kappa shape index (κ3) is 2.36. The Hall–Kier alpha value is -1.92. The Labute approximate surface area is 90.7 Å². The summed E-state index contributed by atoms with van der Waals surface area (Å²) in [6.07, 6.45) is -2.16. The Bertz CT molecular complexity index is 423. The van der Waals surface area contributed by atoms with Crippen LogP contribution in [0, 0.1) is 0 Å². The zero-order valence-electron chi connectivity index (χ0n) is 8.38. The monoisotopic (exact) mass is 226 g/mol. The summed E-state index contributed by atoms with van der Waals surface area (Å²) >= 11 is 0. The number of phenolic OH excluding ortho intramolecular Hbond substituents is 1. The first-order chi connectivity index (χ1) is 7.47. The van der Waals surface area contributed by atoms with Crippen molar-refractivity contribution >= 4 is 11.8 Å². The molecule has 16 heavy (non-hydrogen) atoms. The van der Waals surface area contributed by atoms with Gasteiger partial charge in [0.25, 0.3) is 0 Å². The third-order valence-corrected chi connectivity index (χ3v) is 1.92. The van der Waals surface area contributed by atoms with Crippen molar-refractivity contribution in [2.24, 2.45) is 0 Å². The molecule has 0 aromatic heterocycles. The Morgan fingerprint density at radius 2 is 1.94 bits per heavy atom. The van der Waals surface area contributed by atoms with Crippen molar-refractivity contribution in [2.75, 3.05) is 7.11 Å². The number of carbonyl (C=O) groups excluding carboxylic acids is 2. The first-order valence-electron chi connectivity index (χ1n) is 4.29. The predicted molar refractivity (Wildman–Crippen MR) is 52.0 cm³/mol. The van der Waals surface area contributed by atoms with Crippen LogP contribution >= 0.6 is 0 Å². The molecule has 0 saturated carbocycles. The van der Waals surface area contributed by atoms with Crippen LogP contribution in [0.3, 0.4) is 0 Å². The van der Waals surface area contributed by atoms with Gasteiger partial charge in [-0.3, -0.25) is 4.79 Å². The fourth-order valence-electron chi connectivity index (χ4n) is 1.11. The molecule has 0 aliphatic rings. The lowest BCUT2D eigenvalue weighted by Crippen LogP contribution is -2.19. The van der Waals surface area contributed by atoms with Gasteiger partial charge >= 0.3 is 5.97 Å². The second-order valence-electron chi connectivity index (χ2n) is 2.96. The molecule has 1 aromatic carbocycles. The summed E-state index contributed by atoms with van der Waals surface area (Å²) in [6, 6.07) is 3.30. The summed E-state index contributed by atoms with van der Waals surface area (Å²) in [5, 5.41) is 26.6. The predicted octanol–water partition coefficient (Wildman–Crippen LogP) is -0.328. The Morgan fingerprint density at radius 3 is 2.44 bits per heavy atom. The number of carbonyl (C=O) groups is 2. The van der Waals surface area contributed by atoms with Crippen molar-refractivity contribution in [2.45, 2.75) is 6.29 Å². The molecule has 0 bridgehead atoms. The summed E-state index contributed by atoms with van der Waals surface area (Å²) in [4.78, 5) is 22.3.